The maximum atomic E-state index is 14.5. The van der Waals surface area contributed by atoms with E-state index in [-0.39, 0.29) is 28.9 Å². The van der Waals surface area contributed by atoms with E-state index in [4.69, 9.17) is 0 Å². The van der Waals surface area contributed by atoms with Crippen LogP contribution < -0.4 is 10.6 Å². The van der Waals surface area contributed by atoms with Gasteiger partial charge in [-0.3, -0.25) is 9.89 Å². The van der Waals surface area contributed by atoms with Crippen LogP contribution in [0.3, 0.4) is 0 Å². The van der Waals surface area contributed by atoms with E-state index in [1.807, 2.05) is 0 Å². The molecule has 0 aliphatic rings. The van der Waals surface area contributed by atoms with Gasteiger partial charge in [0.2, 0.25) is 0 Å². The molecule has 0 bridgehead atoms. The number of carbonyl (C=O) groups is 2. The largest absolute Gasteiger partial charge is 0.464 e. The molecule has 0 radical (unpaired) electrons. The number of halogens is 4. The summed E-state index contributed by atoms with van der Waals surface area (Å²) in [5, 5.41) is 12.4. The highest BCUT2D eigenvalue weighted by Crippen LogP contribution is 2.30. The van der Waals surface area contributed by atoms with E-state index in [0.717, 1.165) is 18.2 Å². The van der Waals surface area contributed by atoms with Gasteiger partial charge in [0, 0.05) is 29.1 Å². The molecule has 0 aliphatic heterocycles. The second-order valence-corrected chi connectivity index (χ2v) is 8.42. The minimum Gasteiger partial charge on any atom is -0.464 e. The van der Waals surface area contributed by atoms with Crippen LogP contribution in [-0.2, 0) is 23.8 Å². The van der Waals surface area contributed by atoms with Gasteiger partial charge in [-0.15, -0.1) is 0 Å². The second kappa shape index (κ2) is 11.3. The number of hydrogen-bond donors (Lipinski definition) is 3. The van der Waals surface area contributed by atoms with Gasteiger partial charge in [-0.2, -0.15) is 18.3 Å². The van der Waals surface area contributed by atoms with Gasteiger partial charge in [-0.1, -0.05) is 6.07 Å². The highest BCUT2D eigenvalue weighted by molar-refractivity contribution is 6.04. The zero-order valence-corrected chi connectivity index (χ0v) is 20.7. The van der Waals surface area contributed by atoms with Crippen LogP contribution in [0, 0.1) is 12.7 Å². The summed E-state index contributed by atoms with van der Waals surface area (Å²) in [5.41, 5.74) is 0.150. The Hall–Kier alpha value is -4.81. The van der Waals surface area contributed by atoms with Gasteiger partial charge in [-0.05, 0) is 61.7 Å². The third-order valence-electron chi connectivity index (χ3n) is 5.54. The quantitative estimate of drug-likeness (QED) is 0.206. The van der Waals surface area contributed by atoms with Crippen molar-refractivity contribution in [1.82, 2.24) is 20.2 Å². The summed E-state index contributed by atoms with van der Waals surface area (Å²) in [7, 11) is 1.25. The van der Waals surface area contributed by atoms with Crippen LogP contribution >= 0.6 is 0 Å². The predicted molar refractivity (Wildman–Crippen MR) is 133 cm³/mol. The standard InChI is InChI=1S/C26H22F4N6O3/c1-14-31-21(25(38)39-2)13-22(32-14)34-23-12-19(35-36-23)7-6-15-11-18(8-9-20(15)27)33-24(37)16-4-3-5-17(10-16)26(28,29)30/h3-5,8-13H,6-7H2,1-2H3,(H,33,37)(H2,31,32,34,35,36). The third-order valence-corrected chi connectivity index (χ3v) is 5.54. The van der Waals surface area contributed by atoms with Crippen LogP contribution in [0.5, 0.6) is 0 Å². The first kappa shape index (κ1) is 27.2. The number of H-pyrrole nitrogens is 1. The number of aromatic nitrogens is 4. The molecule has 13 heteroatoms. The summed E-state index contributed by atoms with van der Waals surface area (Å²) in [6.45, 7) is 1.62. The Labute approximate surface area is 219 Å². The first-order chi connectivity index (χ1) is 18.5. The molecule has 3 N–H and O–H groups in total. The van der Waals surface area contributed by atoms with Gasteiger partial charge >= 0.3 is 12.1 Å². The number of alkyl halides is 3. The van der Waals surface area contributed by atoms with Crippen molar-refractivity contribution in [1.29, 1.82) is 0 Å². The molecule has 4 rings (SSSR count). The summed E-state index contributed by atoms with van der Waals surface area (Å²) in [6, 6.07) is 11.1. The zero-order chi connectivity index (χ0) is 28.2. The number of methoxy groups -OCH3 is 1. The lowest BCUT2D eigenvalue weighted by Gasteiger charge is -2.11. The summed E-state index contributed by atoms with van der Waals surface area (Å²) in [4.78, 5) is 32.5. The molecule has 0 fully saturated rings. The number of nitrogens with zero attached hydrogens (tertiary/aromatic N) is 3. The Bertz CT molecular complexity index is 1520. The Morgan fingerprint density at radius 3 is 2.54 bits per heavy atom. The monoisotopic (exact) mass is 542 g/mol. The van der Waals surface area contributed by atoms with Crippen molar-refractivity contribution in [3.63, 3.8) is 0 Å². The number of benzene rings is 2. The fraction of sp³-hybridized carbons (Fsp3) is 0.192. The number of nitrogens with one attached hydrogen (secondary N) is 3. The summed E-state index contributed by atoms with van der Waals surface area (Å²) in [6.07, 6.45) is -3.99. The molecule has 2 heterocycles. The maximum absolute atomic E-state index is 14.5. The topological polar surface area (TPSA) is 122 Å². The summed E-state index contributed by atoms with van der Waals surface area (Å²) in [5.74, 6) is -0.777. The van der Waals surface area contributed by atoms with Crippen LogP contribution in [0.1, 0.15) is 43.5 Å². The van der Waals surface area contributed by atoms with Crippen molar-refractivity contribution in [2.45, 2.75) is 25.9 Å². The molecule has 0 aliphatic carbocycles. The lowest BCUT2D eigenvalue weighted by molar-refractivity contribution is -0.137. The van der Waals surface area contributed by atoms with Crippen molar-refractivity contribution < 1.29 is 31.9 Å². The van der Waals surface area contributed by atoms with Crippen molar-refractivity contribution in [2.75, 3.05) is 17.7 Å². The molecule has 4 aromatic rings. The van der Waals surface area contributed by atoms with E-state index in [1.54, 1.807) is 13.0 Å². The molecular weight excluding hydrogens is 520 g/mol. The average molecular weight is 542 g/mol. The van der Waals surface area contributed by atoms with E-state index < -0.39 is 29.4 Å². The first-order valence-electron chi connectivity index (χ1n) is 11.5. The van der Waals surface area contributed by atoms with Crippen LogP contribution in [0.4, 0.5) is 34.9 Å². The number of ether oxygens (including phenoxy) is 1. The smallest absolute Gasteiger partial charge is 0.416 e. The molecule has 2 aromatic carbocycles. The van der Waals surface area contributed by atoms with Crippen molar-refractivity contribution in [2.24, 2.45) is 0 Å². The number of amides is 1. The molecule has 1 amide bonds. The molecule has 0 atom stereocenters. The Balaban J connectivity index is 1.41. The Kier molecular flexibility index (Phi) is 7.88. The number of esters is 1. The van der Waals surface area contributed by atoms with Gasteiger partial charge in [0.15, 0.2) is 11.5 Å². The summed E-state index contributed by atoms with van der Waals surface area (Å²) >= 11 is 0. The zero-order valence-electron chi connectivity index (χ0n) is 20.7. The van der Waals surface area contributed by atoms with Crippen LogP contribution in [0.2, 0.25) is 0 Å². The van der Waals surface area contributed by atoms with E-state index in [0.29, 0.717) is 29.6 Å². The fourth-order valence-corrected chi connectivity index (χ4v) is 3.68. The van der Waals surface area contributed by atoms with Gasteiger partial charge in [0.25, 0.3) is 5.91 Å². The highest BCUT2D eigenvalue weighted by Gasteiger charge is 2.31. The summed E-state index contributed by atoms with van der Waals surface area (Å²) < 4.78 is 58.0. The minimum atomic E-state index is -4.58. The van der Waals surface area contributed by atoms with E-state index >= 15 is 0 Å². The van der Waals surface area contributed by atoms with Crippen LogP contribution in [0.15, 0.2) is 54.6 Å². The van der Waals surface area contributed by atoms with E-state index in [9.17, 15) is 27.2 Å². The van der Waals surface area contributed by atoms with Crippen LogP contribution in [-0.4, -0.2) is 39.2 Å². The van der Waals surface area contributed by atoms with Crippen molar-refractivity contribution in [3.05, 3.63) is 94.3 Å². The van der Waals surface area contributed by atoms with Gasteiger partial charge in [0.05, 0.1) is 12.7 Å². The van der Waals surface area contributed by atoms with E-state index in [2.05, 4.69) is 35.5 Å². The molecule has 2 aromatic heterocycles. The molecule has 0 saturated heterocycles. The maximum Gasteiger partial charge on any atom is 0.416 e. The highest BCUT2D eigenvalue weighted by atomic mass is 19.4. The van der Waals surface area contributed by atoms with E-state index in [1.165, 1.54) is 37.4 Å². The number of carbonyl (C=O) groups excluding carboxylic acids is 2. The number of hydrogen-bond acceptors (Lipinski definition) is 7. The Morgan fingerprint density at radius 2 is 1.79 bits per heavy atom. The van der Waals surface area contributed by atoms with Crippen molar-refractivity contribution >= 4 is 29.2 Å². The number of anilines is 3. The Morgan fingerprint density at radius 1 is 1.00 bits per heavy atom. The van der Waals surface area contributed by atoms with Crippen LogP contribution in [0.25, 0.3) is 0 Å². The fourth-order valence-electron chi connectivity index (χ4n) is 3.68. The SMILES string of the molecule is COC(=O)c1cc(Nc2cc(CCc3cc(NC(=O)c4cccc(C(F)(F)F)c4)ccc3F)[nH]n2)nc(C)n1. The number of aromatic amines is 1. The lowest BCUT2D eigenvalue weighted by atomic mass is 10.1. The lowest BCUT2D eigenvalue weighted by Crippen LogP contribution is -2.14. The van der Waals surface area contributed by atoms with Gasteiger partial charge in [0.1, 0.15) is 17.5 Å². The molecule has 202 valence electrons. The normalized spacial score (nSPS) is 11.2. The van der Waals surface area contributed by atoms with Crippen molar-refractivity contribution in [3.8, 4) is 0 Å². The number of rotatable bonds is 8. The molecule has 0 spiro atoms. The molecule has 39 heavy (non-hydrogen) atoms. The minimum absolute atomic E-state index is 0.0822. The number of aryl methyl sites for hydroxylation is 3. The molecular formula is C26H22F4N6O3. The first-order valence-corrected chi connectivity index (χ1v) is 11.5. The average Bonchev–Trinajstić information content (AvgIpc) is 3.34. The van der Waals surface area contributed by atoms with Gasteiger partial charge < -0.3 is 15.4 Å². The van der Waals surface area contributed by atoms with Gasteiger partial charge in [-0.25, -0.2) is 19.2 Å². The third kappa shape index (κ3) is 6.94. The molecule has 0 saturated carbocycles. The second-order valence-electron chi connectivity index (χ2n) is 8.42. The predicted octanol–water partition coefficient (Wildman–Crippen LogP) is 5.23. The molecule has 9 nitrogen and oxygen atoms in total. The molecule has 0 unspecified atom stereocenters.